The van der Waals surface area contributed by atoms with Crippen LogP contribution in [-0.4, -0.2) is 20.8 Å². The van der Waals surface area contributed by atoms with Crippen LogP contribution in [0.15, 0.2) is 18.2 Å². The highest BCUT2D eigenvalue weighted by molar-refractivity contribution is 5.46. The number of nitrogens with two attached hydrogens (primary N) is 1. The summed E-state index contributed by atoms with van der Waals surface area (Å²) in [6.07, 6.45) is 4.98. The highest BCUT2D eigenvalue weighted by Gasteiger charge is 2.44. The lowest BCUT2D eigenvalue weighted by Gasteiger charge is -2.48. The minimum absolute atomic E-state index is 0.152. The highest BCUT2D eigenvalue weighted by Crippen LogP contribution is 2.50. The fraction of sp³-hybridized carbons (Fsp3) is 0.625. The van der Waals surface area contributed by atoms with Crippen LogP contribution in [0.1, 0.15) is 38.2 Å². The average molecular weight is 263 g/mol. The molecule has 0 saturated heterocycles. The molecule has 0 aliphatic heterocycles. The second-order valence-corrected chi connectivity index (χ2v) is 5.62. The summed E-state index contributed by atoms with van der Waals surface area (Å²) in [7, 11) is 3.34. The van der Waals surface area contributed by atoms with E-state index < -0.39 is 0 Å². The van der Waals surface area contributed by atoms with E-state index in [9.17, 15) is 0 Å². The molecule has 1 saturated carbocycles. The Kier molecular flexibility index (Phi) is 4.35. The van der Waals surface area contributed by atoms with Crippen molar-refractivity contribution in [2.75, 3.05) is 20.8 Å². The minimum Gasteiger partial charge on any atom is -0.493 e. The zero-order valence-electron chi connectivity index (χ0n) is 12.2. The van der Waals surface area contributed by atoms with Crippen molar-refractivity contribution < 1.29 is 9.47 Å². The molecule has 3 nitrogen and oxygen atoms in total. The van der Waals surface area contributed by atoms with Crippen LogP contribution < -0.4 is 15.2 Å². The maximum Gasteiger partial charge on any atom is 0.161 e. The normalized spacial score (nSPS) is 25.8. The molecule has 1 aliphatic rings. The van der Waals surface area contributed by atoms with E-state index in [1.165, 1.54) is 31.2 Å². The van der Waals surface area contributed by atoms with Crippen molar-refractivity contribution >= 4 is 0 Å². The van der Waals surface area contributed by atoms with E-state index in [1.807, 2.05) is 6.07 Å². The third-order valence-electron chi connectivity index (χ3n) is 4.44. The summed E-state index contributed by atoms with van der Waals surface area (Å²) in [5.74, 6) is 2.41. The van der Waals surface area contributed by atoms with Crippen molar-refractivity contribution in [3.05, 3.63) is 23.8 Å². The van der Waals surface area contributed by atoms with E-state index in [0.29, 0.717) is 6.54 Å². The van der Waals surface area contributed by atoms with Crippen LogP contribution in [-0.2, 0) is 5.41 Å². The summed E-state index contributed by atoms with van der Waals surface area (Å²) >= 11 is 0. The molecule has 0 atom stereocenters. The van der Waals surface area contributed by atoms with Gasteiger partial charge in [0, 0.05) is 12.0 Å². The first-order chi connectivity index (χ1) is 9.19. The van der Waals surface area contributed by atoms with Crippen molar-refractivity contribution in [2.45, 2.75) is 38.0 Å². The summed E-state index contributed by atoms with van der Waals surface area (Å²) in [4.78, 5) is 0. The molecular formula is C16H25NO2. The Bertz CT molecular complexity index is 425. The smallest absolute Gasteiger partial charge is 0.161 e. The number of benzene rings is 1. The molecule has 3 heteroatoms. The Labute approximate surface area is 116 Å². The van der Waals surface area contributed by atoms with E-state index in [-0.39, 0.29) is 5.41 Å². The lowest BCUT2D eigenvalue weighted by Crippen LogP contribution is -2.47. The van der Waals surface area contributed by atoms with Crippen LogP contribution in [0.4, 0.5) is 0 Å². The van der Waals surface area contributed by atoms with Gasteiger partial charge in [0.25, 0.3) is 0 Å². The molecule has 0 bridgehead atoms. The van der Waals surface area contributed by atoms with E-state index in [0.717, 1.165) is 17.4 Å². The van der Waals surface area contributed by atoms with E-state index >= 15 is 0 Å². The van der Waals surface area contributed by atoms with Crippen LogP contribution in [0.5, 0.6) is 11.5 Å². The fourth-order valence-electron chi connectivity index (χ4n) is 3.34. The number of hydrogen-bond donors (Lipinski definition) is 1. The Morgan fingerprint density at radius 2 is 1.89 bits per heavy atom. The summed E-state index contributed by atoms with van der Waals surface area (Å²) in [6.45, 7) is 2.96. The molecule has 0 heterocycles. The van der Waals surface area contributed by atoms with Gasteiger partial charge in [0.05, 0.1) is 14.2 Å². The summed E-state index contributed by atoms with van der Waals surface area (Å²) in [5.41, 5.74) is 7.49. The summed E-state index contributed by atoms with van der Waals surface area (Å²) < 4.78 is 10.7. The topological polar surface area (TPSA) is 44.5 Å². The predicted molar refractivity (Wildman–Crippen MR) is 77.9 cm³/mol. The van der Waals surface area contributed by atoms with Crippen LogP contribution in [0.3, 0.4) is 0 Å². The molecule has 1 aromatic carbocycles. The standard InChI is InChI=1S/C16H25NO2/c1-4-5-12-9-16(10-12,11-17)13-6-7-14(18-2)15(8-13)19-3/h6-8,12H,4-5,9-11,17H2,1-3H3. The van der Waals surface area contributed by atoms with Gasteiger partial charge in [0.2, 0.25) is 0 Å². The molecule has 0 unspecified atom stereocenters. The van der Waals surface area contributed by atoms with Crippen LogP contribution in [0.25, 0.3) is 0 Å². The van der Waals surface area contributed by atoms with E-state index in [1.54, 1.807) is 14.2 Å². The number of rotatable bonds is 6. The van der Waals surface area contributed by atoms with Crippen LogP contribution in [0, 0.1) is 5.92 Å². The molecule has 1 fully saturated rings. The molecule has 0 aromatic heterocycles. The fourth-order valence-corrected chi connectivity index (χ4v) is 3.34. The first-order valence-electron chi connectivity index (χ1n) is 7.11. The number of hydrogen-bond acceptors (Lipinski definition) is 3. The zero-order chi connectivity index (χ0) is 13.9. The summed E-state index contributed by atoms with van der Waals surface area (Å²) in [6, 6.07) is 6.21. The van der Waals surface area contributed by atoms with Gasteiger partial charge in [-0.15, -0.1) is 0 Å². The van der Waals surface area contributed by atoms with Gasteiger partial charge >= 0.3 is 0 Å². The second-order valence-electron chi connectivity index (χ2n) is 5.62. The first-order valence-corrected chi connectivity index (χ1v) is 7.11. The maximum absolute atomic E-state index is 6.05. The predicted octanol–water partition coefficient (Wildman–Crippen LogP) is 3.11. The lowest BCUT2D eigenvalue weighted by molar-refractivity contribution is 0.138. The van der Waals surface area contributed by atoms with Crippen molar-refractivity contribution in [3.63, 3.8) is 0 Å². The van der Waals surface area contributed by atoms with Gasteiger partial charge in [-0.25, -0.2) is 0 Å². The van der Waals surface area contributed by atoms with Gasteiger partial charge < -0.3 is 15.2 Å². The van der Waals surface area contributed by atoms with Gasteiger partial charge in [-0.05, 0) is 36.5 Å². The SMILES string of the molecule is CCCC1CC(CN)(c2ccc(OC)c(OC)c2)C1. The third-order valence-corrected chi connectivity index (χ3v) is 4.44. The van der Waals surface area contributed by atoms with Gasteiger partial charge in [-0.1, -0.05) is 25.8 Å². The van der Waals surface area contributed by atoms with Crippen LogP contribution >= 0.6 is 0 Å². The number of methoxy groups -OCH3 is 2. The Hall–Kier alpha value is -1.22. The molecule has 19 heavy (non-hydrogen) atoms. The minimum atomic E-state index is 0.152. The van der Waals surface area contributed by atoms with Gasteiger partial charge in [0.15, 0.2) is 11.5 Å². The molecule has 1 aliphatic carbocycles. The average Bonchev–Trinajstić information content (AvgIpc) is 2.41. The molecule has 0 spiro atoms. The molecular weight excluding hydrogens is 238 g/mol. The third kappa shape index (κ3) is 2.57. The maximum atomic E-state index is 6.05. The second kappa shape index (κ2) is 5.83. The molecule has 0 radical (unpaired) electrons. The first kappa shape index (κ1) is 14.2. The quantitative estimate of drug-likeness (QED) is 0.857. The molecule has 1 aromatic rings. The molecule has 2 rings (SSSR count). The molecule has 0 amide bonds. The van der Waals surface area contributed by atoms with E-state index in [4.69, 9.17) is 15.2 Å². The van der Waals surface area contributed by atoms with Gasteiger partial charge in [-0.2, -0.15) is 0 Å². The Morgan fingerprint density at radius 1 is 1.21 bits per heavy atom. The lowest BCUT2D eigenvalue weighted by atomic mass is 9.57. The molecule has 106 valence electrons. The largest absolute Gasteiger partial charge is 0.493 e. The van der Waals surface area contributed by atoms with E-state index in [2.05, 4.69) is 19.1 Å². The summed E-state index contributed by atoms with van der Waals surface area (Å²) in [5, 5.41) is 0. The van der Waals surface area contributed by atoms with Gasteiger partial charge in [0.1, 0.15) is 0 Å². The van der Waals surface area contributed by atoms with Crippen molar-refractivity contribution in [2.24, 2.45) is 11.7 Å². The highest BCUT2D eigenvalue weighted by atomic mass is 16.5. The zero-order valence-corrected chi connectivity index (χ0v) is 12.2. The Balaban J connectivity index is 2.21. The van der Waals surface area contributed by atoms with Crippen molar-refractivity contribution in [3.8, 4) is 11.5 Å². The van der Waals surface area contributed by atoms with Gasteiger partial charge in [-0.3, -0.25) is 0 Å². The number of ether oxygens (including phenoxy) is 2. The van der Waals surface area contributed by atoms with Crippen LogP contribution in [0.2, 0.25) is 0 Å². The monoisotopic (exact) mass is 263 g/mol. The van der Waals surface area contributed by atoms with Crippen molar-refractivity contribution in [1.29, 1.82) is 0 Å². The Morgan fingerprint density at radius 3 is 2.42 bits per heavy atom. The van der Waals surface area contributed by atoms with Crippen molar-refractivity contribution in [1.82, 2.24) is 0 Å². The molecule has 2 N–H and O–H groups in total.